The summed E-state index contributed by atoms with van der Waals surface area (Å²) in [7, 11) is 0. The van der Waals surface area contributed by atoms with Crippen LogP contribution in [0.15, 0.2) is 30.9 Å². The van der Waals surface area contributed by atoms with Crippen molar-refractivity contribution in [3.05, 3.63) is 46.5 Å². The van der Waals surface area contributed by atoms with Crippen LogP contribution in [0.25, 0.3) is 5.52 Å². The Kier molecular flexibility index (Phi) is 4.49. The summed E-state index contributed by atoms with van der Waals surface area (Å²) < 4.78 is 1.78. The van der Waals surface area contributed by atoms with Gasteiger partial charge in [-0.2, -0.15) is 0 Å². The van der Waals surface area contributed by atoms with Crippen molar-refractivity contribution in [3.63, 3.8) is 0 Å². The number of carbonyl (C=O) groups is 1. The molecule has 0 N–H and O–H groups in total. The van der Waals surface area contributed by atoms with Crippen LogP contribution in [0.5, 0.6) is 0 Å². The number of nitrogens with zero attached hydrogens (tertiary/aromatic N) is 4. The Labute approximate surface area is 146 Å². The molecule has 3 heterocycles. The van der Waals surface area contributed by atoms with Gasteiger partial charge in [0.2, 0.25) is 6.04 Å². The van der Waals surface area contributed by atoms with E-state index in [1.807, 2.05) is 6.20 Å². The normalized spacial score (nSPS) is 21.5. The molecular formula is C18H24N4O3. The Morgan fingerprint density at radius 2 is 2.20 bits per heavy atom. The van der Waals surface area contributed by atoms with E-state index in [4.69, 9.17) is 0 Å². The van der Waals surface area contributed by atoms with Gasteiger partial charge >= 0.3 is 0 Å². The molecule has 0 radical (unpaired) electrons. The number of hydrogen-bond acceptors (Lipinski definition) is 4. The molecule has 25 heavy (non-hydrogen) atoms. The third-order valence-electron chi connectivity index (χ3n) is 4.84. The number of imidazole rings is 1. The lowest BCUT2D eigenvalue weighted by Gasteiger charge is -2.36. The lowest BCUT2D eigenvalue weighted by molar-refractivity contribution is -0.535. The van der Waals surface area contributed by atoms with E-state index in [1.54, 1.807) is 34.0 Å². The first kappa shape index (κ1) is 17.4. The van der Waals surface area contributed by atoms with Gasteiger partial charge in [0.1, 0.15) is 0 Å². The minimum atomic E-state index is -0.707. The van der Waals surface area contributed by atoms with Gasteiger partial charge in [-0.15, -0.1) is 0 Å². The maximum absolute atomic E-state index is 12.9. The van der Waals surface area contributed by atoms with Crippen molar-refractivity contribution in [2.24, 2.45) is 11.3 Å². The molecule has 2 atom stereocenters. The zero-order valence-corrected chi connectivity index (χ0v) is 14.9. The van der Waals surface area contributed by atoms with Crippen LogP contribution in [0.2, 0.25) is 0 Å². The summed E-state index contributed by atoms with van der Waals surface area (Å²) in [4.78, 5) is 30.0. The third-order valence-corrected chi connectivity index (χ3v) is 4.84. The number of carbonyl (C=O) groups excluding carboxylic acids is 1. The van der Waals surface area contributed by atoms with Crippen molar-refractivity contribution in [1.29, 1.82) is 0 Å². The number of hydrogen-bond donors (Lipinski definition) is 0. The molecule has 2 aromatic heterocycles. The fraction of sp³-hybridized carbons (Fsp3) is 0.556. The van der Waals surface area contributed by atoms with Crippen LogP contribution >= 0.6 is 0 Å². The average Bonchev–Trinajstić information content (AvgIpc) is 3.01. The van der Waals surface area contributed by atoms with Gasteiger partial charge in [0, 0.05) is 23.6 Å². The SMILES string of the molecule is CC(C)(C)C[C@@H]1CCN(C(=O)c2cccn3cncc23)C[C@H]1[N+](=O)[O-]. The molecule has 1 fully saturated rings. The fourth-order valence-corrected chi connectivity index (χ4v) is 3.73. The molecular weight excluding hydrogens is 320 g/mol. The van der Waals surface area contributed by atoms with Crippen molar-refractivity contribution in [3.8, 4) is 0 Å². The molecule has 0 unspecified atom stereocenters. The second-order valence-corrected chi connectivity index (χ2v) is 8.03. The standard InChI is InChI=1S/C18H24N4O3/c1-18(2,3)9-13-6-8-20(11-16(13)22(24)25)17(23)14-5-4-7-21-12-19-10-15(14)21/h4-5,7,10,12-13,16H,6,8-9,11H2,1-3H3/t13-,16+/m0/s1. The summed E-state index contributed by atoms with van der Waals surface area (Å²) in [6, 6.07) is 2.84. The lowest BCUT2D eigenvalue weighted by Crippen LogP contribution is -2.50. The Morgan fingerprint density at radius 1 is 1.44 bits per heavy atom. The van der Waals surface area contributed by atoms with Crippen molar-refractivity contribution < 1.29 is 9.72 Å². The number of pyridine rings is 1. The quantitative estimate of drug-likeness (QED) is 0.633. The molecule has 2 aromatic rings. The molecule has 0 aromatic carbocycles. The second kappa shape index (κ2) is 6.46. The van der Waals surface area contributed by atoms with Gasteiger partial charge in [-0.3, -0.25) is 14.9 Å². The second-order valence-electron chi connectivity index (χ2n) is 8.03. The van der Waals surface area contributed by atoms with E-state index in [9.17, 15) is 14.9 Å². The largest absolute Gasteiger partial charge is 0.332 e. The Balaban J connectivity index is 1.81. The number of aromatic nitrogens is 2. The highest BCUT2D eigenvalue weighted by Crippen LogP contribution is 2.33. The molecule has 1 amide bonds. The van der Waals surface area contributed by atoms with Crippen molar-refractivity contribution in [2.45, 2.75) is 39.7 Å². The van der Waals surface area contributed by atoms with Gasteiger partial charge in [0.25, 0.3) is 5.91 Å². The Hall–Kier alpha value is -2.44. The summed E-state index contributed by atoms with van der Waals surface area (Å²) >= 11 is 0. The zero-order valence-electron chi connectivity index (χ0n) is 14.9. The summed E-state index contributed by atoms with van der Waals surface area (Å²) in [5, 5.41) is 11.6. The summed E-state index contributed by atoms with van der Waals surface area (Å²) in [5.41, 5.74) is 1.30. The third kappa shape index (κ3) is 3.65. The van der Waals surface area contributed by atoms with Crippen molar-refractivity contribution in [2.75, 3.05) is 13.1 Å². The number of likely N-dealkylation sites (tertiary alicyclic amines) is 1. The van der Waals surface area contributed by atoms with Gasteiger partial charge in [0.15, 0.2) is 0 Å². The predicted molar refractivity (Wildman–Crippen MR) is 94.1 cm³/mol. The topological polar surface area (TPSA) is 80.8 Å². The molecule has 3 rings (SSSR count). The van der Waals surface area contributed by atoms with Crippen LogP contribution in [-0.4, -0.2) is 44.2 Å². The number of fused-ring (bicyclic) bond motifs is 1. The van der Waals surface area contributed by atoms with Gasteiger partial charge in [-0.05, 0) is 30.4 Å². The highest BCUT2D eigenvalue weighted by molar-refractivity contribution is 6.00. The van der Waals surface area contributed by atoms with Crippen LogP contribution in [-0.2, 0) is 0 Å². The summed E-state index contributed by atoms with van der Waals surface area (Å²) in [5.74, 6) is -0.156. The molecule has 1 saturated heterocycles. The smallest absolute Gasteiger partial charge is 0.256 e. The average molecular weight is 344 g/mol. The number of rotatable bonds is 3. The van der Waals surface area contributed by atoms with E-state index in [0.717, 1.165) is 11.9 Å². The van der Waals surface area contributed by atoms with E-state index in [0.29, 0.717) is 18.5 Å². The molecule has 1 aliphatic heterocycles. The first-order valence-electron chi connectivity index (χ1n) is 8.60. The number of piperidine rings is 1. The Bertz CT molecular complexity index is 793. The first-order valence-corrected chi connectivity index (χ1v) is 8.60. The molecule has 0 aliphatic carbocycles. The Morgan fingerprint density at radius 3 is 2.88 bits per heavy atom. The number of amides is 1. The molecule has 0 saturated carbocycles. The maximum atomic E-state index is 12.9. The minimum Gasteiger partial charge on any atom is -0.332 e. The molecule has 7 heteroatoms. The van der Waals surface area contributed by atoms with Crippen molar-refractivity contribution in [1.82, 2.24) is 14.3 Å². The van der Waals surface area contributed by atoms with E-state index < -0.39 is 6.04 Å². The predicted octanol–water partition coefficient (Wildman–Crippen LogP) is 2.88. The van der Waals surface area contributed by atoms with Crippen LogP contribution in [0.3, 0.4) is 0 Å². The molecule has 7 nitrogen and oxygen atoms in total. The van der Waals surface area contributed by atoms with Gasteiger partial charge in [-0.25, -0.2) is 4.98 Å². The maximum Gasteiger partial charge on any atom is 0.256 e. The van der Waals surface area contributed by atoms with Crippen LogP contribution in [0, 0.1) is 21.4 Å². The van der Waals surface area contributed by atoms with Gasteiger partial charge in [0.05, 0.1) is 30.1 Å². The van der Waals surface area contributed by atoms with E-state index in [2.05, 4.69) is 25.8 Å². The summed E-state index contributed by atoms with van der Waals surface area (Å²) in [6.45, 7) is 7.02. The molecule has 1 aliphatic rings. The monoisotopic (exact) mass is 344 g/mol. The van der Waals surface area contributed by atoms with E-state index in [1.165, 1.54) is 0 Å². The van der Waals surface area contributed by atoms with Crippen molar-refractivity contribution >= 4 is 11.4 Å². The molecule has 0 bridgehead atoms. The number of nitro groups is 1. The van der Waals surface area contributed by atoms with Gasteiger partial charge < -0.3 is 9.30 Å². The zero-order chi connectivity index (χ0) is 18.2. The van der Waals surface area contributed by atoms with E-state index in [-0.39, 0.29) is 28.7 Å². The van der Waals surface area contributed by atoms with Gasteiger partial charge in [-0.1, -0.05) is 20.8 Å². The highest BCUT2D eigenvalue weighted by Gasteiger charge is 2.41. The van der Waals surface area contributed by atoms with Crippen LogP contribution < -0.4 is 0 Å². The lowest BCUT2D eigenvalue weighted by atomic mass is 9.78. The molecule has 0 spiro atoms. The van der Waals surface area contributed by atoms with Crippen LogP contribution in [0.1, 0.15) is 44.0 Å². The summed E-state index contributed by atoms with van der Waals surface area (Å²) in [6.07, 6.45) is 6.57. The highest BCUT2D eigenvalue weighted by atomic mass is 16.6. The fourth-order valence-electron chi connectivity index (χ4n) is 3.73. The first-order chi connectivity index (χ1) is 11.8. The van der Waals surface area contributed by atoms with E-state index >= 15 is 0 Å². The molecule has 134 valence electrons. The minimum absolute atomic E-state index is 0.00445. The van der Waals surface area contributed by atoms with Crippen LogP contribution in [0.4, 0.5) is 0 Å².